The molecule has 7 nitrogen and oxygen atoms in total. The standard InChI is InChI=1S/C13H18N4O3S/c1-17-9-7-13(15-17)16-21(18,19)12-5-3-11(4-6-12)20-10-2-8-14/h3-7,9H,2,8,10,14H2,1H3,(H,15,16). The maximum absolute atomic E-state index is 12.2. The molecule has 0 aliphatic heterocycles. The van der Waals surface area contributed by atoms with Crippen molar-refractivity contribution in [2.45, 2.75) is 11.3 Å². The number of hydrogen-bond donors (Lipinski definition) is 2. The van der Waals surface area contributed by atoms with Gasteiger partial charge in [-0.1, -0.05) is 0 Å². The van der Waals surface area contributed by atoms with Crippen LogP contribution in [0.1, 0.15) is 6.42 Å². The van der Waals surface area contributed by atoms with Gasteiger partial charge in [-0.3, -0.25) is 9.40 Å². The number of anilines is 1. The Bertz CT molecular complexity index is 680. The largest absolute Gasteiger partial charge is 0.494 e. The van der Waals surface area contributed by atoms with Crippen LogP contribution in [-0.4, -0.2) is 31.3 Å². The lowest BCUT2D eigenvalue weighted by Crippen LogP contribution is -2.13. The average Bonchev–Trinajstić information content (AvgIpc) is 2.84. The lowest BCUT2D eigenvalue weighted by atomic mass is 10.3. The number of aromatic nitrogens is 2. The summed E-state index contributed by atoms with van der Waals surface area (Å²) in [5, 5.41) is 3.98. The number of benzene rings is 1. The van der Waals surface area contributed by atoms with E-state index < -0.39 is 10.0 Å². The molecule has 0 aliphatic carbocycles. The van der Waals surface area contributed by atoms with Crippen molar-refractivity contribution in [2.24, 2.45) is 12.8 Å². The molecular weight excluding hydrogens is 292 g/mol. The van der Waals surface area contributed by atoms with Crippen molar-refractivity contribution in [1.29, 1.82) is 0 Å². The van der Waals surface area contributed by atoms with Gasteiger partial charge in [0.25, 0.3) is 10.0 Å². The molecule has 0 bridgehead atoms. The molecule has 0 atom stereocenters. The first-order valence-electron chi connectivity index (χ1n) is 6.47. The first-order valence-corrected chi connectivity index (χ1v) is 7.95. The van der Waals surface area contributed by atoms with Crippen LogP contribution in [0.25, 0.3) is 0 Å². The lowest BCUT2D eigenvalue weighted by Gasteiger charge is -2.08. The van der Waals surface area contributed by atoms with Crippen molar-refractivity contribution in [1.82, 2.24) is 9.78 Å². The molecule has 0 amide bonds. The van der Waals surface area contributed by atoms with E-state index >= 15 is 0 Å². The van der Waals surface area contributed by atoms with Gasteiger partial charge in [0, 0.05) is 19.3 Å². The van der Waals surface area contributed by atoms with Gasteiger partial charge in [0.2, 0.25) is 0 Å². The highest BCUT2D eigenvalue weighted by atomic mass is 32.2. The van der Waals surface area contributed by atoms with Crippen molar-refractivity contribution in [3.05, 3.63) is 36.5 Å². The fourth-order valence-electron chi connectivity index (χ4n) is 1.65. The Labute approximate surface area is 123 Å². The summed E-state index contributed by atoms with van der Waals surface area (Å²) in [4.78, 5) is 0.152. The highest BCUT2D eigenvalue weighted by Gasteiger charge is 2.15. The predicted octanol–water partition coefficient (Wildman–Crippen LogP) is 0.948. The van der Waals surface area contributed by atoms with E-state index in [1.165, 1.54) is 16.8 Å². The minimum atomic E-state index is -3.64. The summed E-state index contributed by atoms with van der Waals surface area (Å²) in [6, 6.07) is 7.79. The zero-order valence-corrected chi connectivity index (χ0v) is 12.5. The topological polar surface area (TPSA) is 99.2 Å². The number of rotatable bonds is 7. The SMILES string of the molecule is Cn1ccc(NS(=O)(=O)c2ccc(OCCCN)cc2)n1. The van der Waals surface area contributed by atoms with E-state index in [1.807, 2.05) is 0 Å². The maximum atomic E-state index is 12.2. The molecule has 21 heavy (non-hydrogen) atoms. The maximum Gasteiger partial charge on any atom is 0.263 e. The van der Waals surface area contributed by atoms with Crippen molar-refractivity contribution < 1.29 is 13.2 Å². The lowest BCUT2D eigenvalue weighted by molar-refractivity contribution is 0.313. The smallest absolute Gasteiger partial charge is 0.263 e. The van der Waals surface area contributed by atoms with Crippen molar-refractivity contribution in [3.8, 4) is 5.75 Å². The molecule has 3 N–H and O–H groups in total. The van der Waals surface area contributed by atoms with Crippen molar-refractivity contribution in [3.63, 3.8) is 0 Å². The number of aryl methyl sites for hydroxylation is 1. The van der Waals surface area contributed by atoms with E-state index in [0.29, 0.717) is 18.9 Å². The molecule has 1 heterocycles. The molecule has 1 aromatic heterocycles. The zero-order valence-electron chi connectivity index (χ0n) is 11.7. The normalized spacial score (nSPS) is 11.3. The Morgan fingerprint density at radius 2 is 2.00 bits per heavy atom. The summed E-state index contributed by atoms with van der Waals surface area (Å²) in [7, 11) is -1.93. The summed E-state index contributed by atoms with van der Waals surface area (Å²) in [6.07, 6.45) is 2.41. The Hall–Kier alpha value is -2.06. The molecule has 0 fully saturated rings. The summed E-state index contributed by atoms with van der Waals surface area (Å²) >= 11 is 0. The summed E-state index contributed by atoms with van der Waals surface area (Å²) in [5.74, 6) is 0.890. The van der Waals surface area contributed by atoms with Gasteiger partial charge in [-0.25, -0.2) is 8.42 Å². The fraction of sp³-hybridized carbons (Fsp3) is 0.308. The summed E-state index contributed by atoms with van der Waals surface area (Å²) in [6.45, 7) is 1.06. The van der Waals surface area contributed by atoms with Gasteiger partial charge in [0.1, 0.15) is 5.75 Å². The Balaban J connectivity index is 2.06. The van der Waals surface area contributed by atoms with Crippen LogP contribution < -0.4 is 15.2 Å². The van der Waals surface area contributed by atoms with Gasteiger partial charge in [0.15, 0.2) is 5.82 Å². The minimum absolute atomic E-state index is 0.152. The van der Waals surface area contributed by atoms with Crippen LogP contribution in [0.5, 0.6) is 5.75 Å². The van der Waals surface area contributed by atoms with E-state index in [2.05, 4.69) is 9.82 Å². The highest BCUT2D eigenvalue weighted by Crippen LogP contribution is 2.18. The number of hydrogen-bond acceptors (Lipinski definition) is 5. The van der Waals surface area contributed by atoms with Crippen LogP contribution in [0.3, 0.4) is 0 Å². The first-order chi connectivity index (χ1) is 10.0. The molecule has 114 valence electrons. The third-order valence-corrected chi connectivity index (χ3v) is 4.07. The molecule has 2 rings (SSSR count). The second-order valence-electron chi connectivity index (χ2n) is 4.44. The molecule has 0 radical (unpaired) electrons. The number of ether oxygens (including phenoxy) is 1. The fourth-order valence-corrected chi connectivity index (χ4v) is 2.65. The Morgan fingerprint density at radius 1 is 1.29 bits per heavy atom. The highest BCUT2D eigenvalue weighted by molar-refractivity contribution is 7.92. The van der Waals surface area contributed by atoms with Gasteiger partial charge in [-0.2, -0.15) is 5.10 Å². The molecule has 0 spiro atoms. The molecule has 0 saturated carbocycles. The molecule has 2 aromatic rings. The van der Waals surface area contributed by atoms with E-state index in [4.69, 9.17) is 10.5 Å². The third-order valence-electron chi connectivity index (χ3n) is 2.70. The van der Waals surface area contributed by atoms with E-state index in [-0.39, 0.29) is 10.7 Å². The van der Waals surface area contributed by atoms with Crippen molar-refractivity contribution >= 4 is 15.8 Å². The van der Waals surface area contributed by atoms with E-state index in [1.54, 1.807) is 31.4 Å². The van der Waals surface area contributed by atoms with Crippen molar-refractivity contribution in [2.75, 3.05) is 17.9 Å². The molecule has 0 unspecified atom stereocenters. The number of nitrogens with two attached hydrogens (primary N) is 1. The molecule has 1 aromatic carbocycles. The van der Waals surface area contributed by atoms with Gasteiger partial charge in [-0.05, 0) is 37.2 Å². The summed E-state index contributed by atoms with van der Waals surface area (Å²) < 4.78 is 33.7. The average molecular weight is 310 g/mol. The third kappa shape index (κ3) is 4.20. The van der Waals surface area contributed by atoms with Crippen LogP contribution in [0.4, 0.5) is 5.82 Å². The van der Waals surface area contributed by atoms with E-state index in [9.17, 15) is 8.42 Å². The van der Waals surface area contributed by atoms with Gasteiger partial charge in [-0.15, -0.1) is 0 Å². The summed E-state index contributed by atoms with van der Waals surface area (Å²) in [5.41, 5.74) is 5.37. The second-order valence-corrected chi connectivity index (χ2v) is 6.12. The first kappa shape index (κ1) is 15.3. The Morgan fingerprint density at radius 3 is 2.57 bits per heavy atom. The number of nitrogens with one attached hydrogen (secondary N) is 1. The van der Waals surface area contributed by atoms with Crippen LogP contribution in [0.2, 0.25) is 0 Å². The Kier molecular flexibility index (Phi) is 4.81. The van der Waals surface area contributed by atoms with Crippen LogP contribution in [-0.2, 0) is 17.1 Å². The monoisotopic (exact) mass is 310 g/mol. The van der Waals surface area contributed by atoms with Crippen LogP contribution in [0.15, 0.2) is 41.4 Å². The number of nitrogens with zero attached hydrogens (tertiary/aromatic N) is 2. The number of sulfonamides is 1. The second kappa shape index (κ2) is 6.59. The van der Waals surface area contributed by atoms with Crippen LogP contribution in [0, 0.1) is 0 Å². The molecule has 8 heteroatoms. The van der Waals surface area contributed by atoms with E-state index in [0.717, 1.165) is 6.42 Å². The molecule has 0 saturated heterocycles. The zero-order chi connectivity index (χ0) is 15.3. The molecular formula is C13H18N4O3S. The predicted molar refractivity (Wildman–Crippen MR) is 79.6 cm³/mol. The van der Waals surface area contributed by atoms with Gasteiger partial charge >= 0.3 is 0 Å². The molecule has 0 aliphatic rings. The van der Waals surface area contributed by atoms with Gasteiger partial charge in [0.05, 0.1) is 11.5 Å². The van der Waals surface area contributed by atoms with Gasteiger partial charge < -0.3 is 10.5 Å². The minimum Gasteiger partial charge on any atom is -0.494 e. The quantitative estimate of drug-likeness (QED) is 0.742. The van der Waals surface area contributed by atoms with Crippen LogP contribution >= 0.6 is 0 Å².